The number of aryl methyl sites for hydroxylation is 1. The maximum absolute atomic E-state index is 12.2. The van der Waals surface area contributed by atoms with E-state index in [-0.39, 0.29) is 5.91 Å². The lowest BCUT2D eigenvalue weighted by atomic mass is 9.85. The van der Waals surface area contributed by atoms with E-state index >= 15 is 0 Å². The van der Waals surface area contributed by atoms with E-state index in [9.17, 15) is 10.0 Å². The van der Waals surface area contributed by atoms with Crippen LogP contribution in [0.5, 0.6) is 0 Å². The zero-order valence-corrected chi connectivity index (χ0v) is 10.1. The molecule has 17 heavy (non-hydrogen) atoms. The summed E-state index contributed by atoms with van der Waals surface area (Å²) < 4.78 is 0. The van der Waals surface area contributed by atoms with Crippen molar-refractivity contribution in [2.45, 2.75) is 19.4 Å². The number of amides is 1. The van der Waals surface area contributed by atoms with E-state index in [0.717, 1.165) is 5.56 Å². The largest absolute Gasteiger partial charge is 0.315 e. The van der Waals surface area contributed by atoms with Crippen LogP contribution in [0.3, 0.4) is 0 Å². The molecule has 1 unspecified atom stereocenters. The standard InChI is InChI=1S/C12H15N3O2/c1-8-5-4-6-10(7-8)12(14-17)9(2)13-15(3)11(12)16/h4-7,14,17H,1-3H3. The van der Waals surface area contributed by atoms with Crippen LogP contribution < -0.4 is 5.48 Å². The van der Waals surface area contributed by atoms with E-state index in [1.807, 2.05) is 25.1 Å². The Labute approximate surface area is 99.7 Å². The van der Waals surface area contributed by atoms with Gasteiger partial charge < -0.3 is 5.21 Å². The second-order valence-corrected chi connectivity index (χ2v) is 4.25. The molecule has 0 aromatic heterocycles. The van der Waals surface area contributed by atoms with Gasteiger partial charge in [0.25, 0.3) is 5.91 Å². The van der Waals surface area contributed by atoms with Crippen LogP contribution in [0.25, 0.3) is 0 Å². The Morgan fingerprint density at radius 2 is 2.12 bits per heavy atom. The third-order valence-corrected chi connectivity index (χ3v) is 3.08. The molecule has 1 aliphatic heterocycles. The predicted octanol–water partition coefficient (Wildman–Crippen LogP) is 1.02. The maximum atomic E-state index is 12.2. The number of carbonyl (C=O) groups excluding carboxylic acids is 1. The molecule has 5 nitrogen and oxygen atoms in total. The molecular formula is C12H15N3O2. The topological polar surface area (TPSA) is 64.9 Å². The molecule has 2 N–H and O–H groups in total. The van der Waals surface area contributed by atoms with Gasteiger partial charge in [-0.25, -0.2) is 5.01 Å². The molecule has 90 valence electrons. The number of hydroxylamine groups is 1. The number of hydrogen-bond donors (Lipinski definition) is 2. The third kappa shape index (κ3) is 1.55. The van der Waals surface area contributed by atoms with Gasteiger partial charge in [-0.05, 0) is 19.4 Å². The van der Waals surface area contributed by atoms with E-state index in [1.165, 1.54) is 5.01 Å². The molecule has 0 aliphatic carbocycles. The molecule has 1 aromatic carbocycles. The zero-order valence-electron chi connectivity index (χ0n) is 10.1. The average molecular weight is 233 g/mol. The number of hydrazone groups is 1. The lowest BCUT2D eigenvalue weighted by Crippen LogP contribution is -2.52. The second-order valence-electron chi connectivity index (χ2n) is 4.25. The molecule has 0 fully saturated rings. The van der Waals surface area contributed by atoms with Crippen LogP contribution in [0.4, 0.5) is 0 Å². The monoisotopic (exact) mass is 233 g/mol. The highest BCUT2D eigenvalue weighted by Crippen LogP contribution is 2.30. The summed E-state index contributed by atoms with van der Waals surface area (Å²) in [6, 6.07) is 7.44. The number of rotatable bonds is 2. The molecule has 0 saturated heterocycles. The van der Waals surface area contributed by atoms with Crippen LogP contribution in [-0.4, -0.2) is 28.9 Å². The summed E-state index contributed by atoms with van der Waals surface area (Å²) in [4.78, 5) is 12.2. The summed E-state index contributed by atoms with van der Waals surface area (Å²) in [6.07, 6.45) is 0. The van der Waals surface area contributed by atoms with Crippen LogP contribution in [0.15, 0.2) is 29.4 Å². The summed E-state index contributed by atoms with van der Waals surface area (Å²) in [5.74, 6) is -0.289. The van der Waals surface area contributed by atoms with E-state index in [1.54, 1.807) is 20.0 Å². The van der Waals surface area contributed by atoms with E-state index < -0.39 is 5.54 Å². The number of benzene rings is 1. The Hall–Kier alpha value is -1.72. The summed E-state index contributed by atoms with van der Waals surface area (Å²) >= 11 is 0. The van der Waals surface area contributed by atoms with Crippen LogP contribution in [-0.2, 0) is 10.3 Å². The molecule has 1 amide bonds. The minimum absolute atomic E-state index is 0.289. The Bertz CT molecular complexity index is 498. The molecule has 1 atom stereocenters. The molecule has 0 spiro atoms. The van der Waals surface area contributed by atoms with E-state index in [0.29, 0.717) is 11.3 Å². The maximum Gasteiger partial charge on any atom is 0.275 e. The van der Waals surface area contributed by atoms with Gasteiger partial charge in [-0.2, -0.15) is 10.6 Å². The van der Waals surface area contributed by atoms with Gasteiger partial charge in [0.1, 0.15) is 0 Å². The van der Waals surface area contributed by atoms with Crippen molar-refractivity contribution in [3.05, 3.63) is 35.4 Å². The number of carbonyl (C=O) groups is 1. The molecule has 1 aliphatic rings. The van der Waals surface area contributed by atoms with Crippen molar-refractivity contribution in [1.82, 2.24) is 10.5 Å². The zero-order chi connectivity index (χ0) is 12.6. The van der Waals surface area contributed by atoms with Gasteiger partial charge in [0.05, 0.1) is 5.71 Å². The second kappa shape index (κ2) is 3.94. The minimum Gasteiger partial charge on any atom is -0.315 e. The fourth-order valence-electron chi connectivity index (χ4n) is 2.15. The molecule has 1 aromatic rings. The summed E-state index contributed by atoms with van der Waals surface area (Å²) in [5.41, 5.74) is 3.12. The van der Waals surface area contributed by atoms with Crippen molar-refractivity contribution in [2.24, 2.45) is 5.10 Å². The predicted molar refractivity (Wildman–Crippen MR) is 63.7 cm³/mol. The first-order valence-corrected chi connectivity index (χ1v) is 5.34. The molecule has 0 saturated carbocycles. The normalized spacial score (nSPS) is 24.1. The van der Waals surface area contributed by atoms with Gasteiger partial charge in [0.2, 0.25) is 0 Å². The van der Waals surface area contributed by atoms with Crippen LogP contribution in [0.2, 0.25) is 0 Å². The number of nitrogens with zero attached hydrogens (tertiary/aromatic N) is 2. The molecular weight excluding hydrogens is 218 g/mol. The Morgan fingerprint density at radius 1 is 1.41 bits per heavy atom. The van der Waals surface area contributed by atoms with Crippen LogP contribution >= 0.6 is 0 Å². The fourth-order valence-corrected chi connectivity index (χ4v) is 2.15. The van der Waals surface area contributed by atoms with Gasteiger partial charge in [-0.1, -0.05) is 29.8 Å². The van der Waals surface area contributed by atoms with Crippen molar-refractivity contribution in [1.29, 1.82) is 0 Å². The quantitative estimate of drug-likeness (QED) is 0.749. The summed E-state index contributed by atoms with van der Waals surface area (Å²) in [6.45, 7) is 3.65. The van der Waals surface area contributed by atoms with Crippen molar-refractivity contribution in [3.63, 3.8) is 0 Å². The summed E-state index contributed by atoms with van der Waals surface area (Å²) in [5, 5.41) is 14.8. The Morgan fingerprint density at radius 3 is 2.59 bits per heavy atom. The Balaban J connectivity index is 2.60. The average Bonchev–Trinajstić information content (AvgIpc) is 2.51. The third-order valence-electron chi connectivity index (χ3n) is 3.08. The highest BCUT2D eigenvalue weighted by Gasteiger charge is 2.49. The number of hydrogen-bond acceptors (Lipinski definition) is 4. The molecule has 0 radical (unpaired) electrons. The van der Waals surface area contributed by atoms with Crippen LogP contribution in [0, 0.1) is 6.92 Å². The smallest absolute Gasteiger partial charge is 0.275 e. The van der Waals surface area contributed by atoms with E-state index in [4.69, 9.17) is 0 Å². The SMILES string of the molecule is CC1=NN(C)C(=O)C1(NO)c1cccc(C)c1. The highest BCUT2D eigenvalue weighted by atomic mass is 16.5. The molecule has 5 heteroatoms. The minimum atomic E-state index is -1.25. The summed E-state index contributed by atoms with van der Waals surface area (Å²) in [7, 11) is 1.57. The van der Waals surface area contributed by atoms with E-state index in [2.05, 4.69) is 10.6 Å². The first kappa shape index (κ1) is 11.8. The molecule has 0 bridgehead atoms. The lowest BCUT2D eigenvalue weighted by Gasteiger charge is -2.26. The van der Waals surface area contributed by atoms with Gasteiger partial charge in [0, 0.05) is 7.05 Å². The van der Waals surface area contributed by atoms with Gasteiger partial charge in [-0.15, -0.1) is 0 Å². The first-order chi connectivity index (χ1) is 8.02. The highest BCUT2D eigenvalue weighted by molar-refractivity contribution is 6.15. The van der Waals surface area contributed by atoms with Gasteiger partial charge in [0.15, 0.2) is 5.54 Å². The van der Waals surface area contributed by atoms with Gasteiger partial charge >= 0.3 is 0 Å². The molecule has 2 rings (SSSR count). The molecule has 1 heterocycles. The van der Waals surface area contributed by atoms with Crippen molar-refractivity contribution >= 4 is 11.6 Å². The van der Waals surface area contributed by atoms with Crippen LogP contribution in [0.1, 0.15) is 18.1 Å². The lowest BCUT2D eigenvalue weighted by molar-refractivity contribution is -0.136. The van der Waals surface area contributed by atoms with Crippen molar-refractivity contribution in [3.8, 4) is 0 Å². The Kier molecular flexibility index (Phi) is 2.73. The number of likely N-dealkylation sites (N-methyl/N-ethyl adjacent to an activating group) is 1. The first-order valence-electron chi connectivity index (χ1n) is 5.34. The van der Waals surface area contributed by atoms with Crippen molar-refractivity contribution in [2.75, 3.05) is 7.05 Å². The fraction of sp³-hybridized carbons (Fsp3) is 0.333. The number of nitrogens with one attached hydrogen (secondary N) is 1. The van der Waals surface area contributed by atoms with Crippen molar-refractivity contribution < 1.29 is 10.0 Å². The van der Waals surface area contributed by atoms with Gasteiger partial charge in [-0.3, -0.25) is 4.79 Å².